The number of hydrogen-bond donors (Lipinski definition) is 0. The number of imidazole rings is 1. The lowest BCUT2D eigenvalue weighted by molar-refractivity contribution is 0.0498. The molecule has 4 rings (SSSR count). The van der Waals surface area contributed by atoms with E-state index in [9.17, 15) is 4.79 Å². The molecule has 1 aromatic heterocycles. The second-order valence-corrected chi connectivity index (χ2v) is 8.58. The summed E-state index contributed by atoms with van der Waals surface area (Å²) in [6.45, 7) is 4.17. The normalized spacial score (nSPS) is 18.1. The highest BCUT2D eigenvalue weighted by Gasteiger charge is 2.32. The van der Waals surface area contributed by atoms with Gasteiger partial charge >= 0.3 is 0 Å². The van der Waals surface area contributed by atoms with Crippen LogP contribution in [-0.4, -0.2) is 71.7 Å². The lowest BCUT2D eigenvalue weighted by Gasteiger charge is -2.37. The first-order valence-electron chi connectivity index (χ1n) is 11.3. The van der Waals surface area contributed by atoms with Gasteiger partial charge in [0.15, 0.2) is 0 Å². The maximum absolute atomic E-state index is 13.8. The molecule has 0 atom stereocenters. The van der Waals surface area contributed by atoms with E-state index in [2.05, 4.69) is 28.6 Å². The van der Waals surface area contributed by atoms with Crippen molar-refractivity contribution in [3.05, 3.63) is 41.7 Å². The van der Waals surface area contributed by atoms with E-state index in [1.807, 2.05) is 23.1 Å². The van der Waals surface area contributed by atoms with E-state index in [0.29, 0.717) is 18.8 Å². The molecule has 3 heterocycles. The molecule has 1 aromatic carbocycles. The smallest absolute Gasteiger partial charge is 0.274 e. The van der Waals surface area contributed by atoms with Crippen molar-refractivity contribution in [1.82, 2.24) is 19.4 Å². The summed E-state index contributed by atoms with van der Waals surface area (Å²) >= 11 is 0. The fourth-order valence-corrected chi connectivity index (χ4v) is 4.78. The third kappa shape index (κ3) is 4.44. The maximum atomic E-state index is 13.8. The van der Waals surface area contributed by atoms with E-state index >= 15 is 0 Å². The minimum Gasteiger partial charge on any atom is -0.383 e. The Morgan fingerprint density at radius 2 is 1.90 bits per heavy atom. The van der Waals surface area contributed by atoms with Crippen molar-refractivity contribution in [2.75, 3.05) is 40.4 Å². The summed E-state index contributed by atoms with van der Waals surface area (Å²) in [6.07, 6.45) is 6.39. The third-order valence-corrected chi connectivity index (χ3v) is 6.53. The molecular weight excluding hydrogens is 376 g/mol. The van der Waals surface area contributed by atoms with Crippen LogP contribution in [0.2, 0.25) is 0 Å². The fraction of sp³-hybridized carbons (Fsp3) is 0.583. The largest absolute Gasteiger partial charge is 0.383 e. The second kappa shape index (κ2) is 9.75. The number of aromatic nitrogens is 2. The number of carbonyl (C=O) groups is 1. The van der Waals surface area contributed by atoms with Crippen LogP contribution in [0.5, 0.6) is 0 Å². The Morgan fingerprint density at radius 1 is 1.13 bits per heavy atom. The molecule has 2 aliphatic heterocycles. The number of benzene rings is 1. The number of rotatable bonds is 6. The lowest BCUT2D eigenvalue weighted by Crippen LogP contribution is -2.48. The quantitative estimate of drug-likeness (QED) is 0.732. The SMILES string of the molecule is COCCN(C(=O)c1nc(-c2ccccc2)n2c1CCCCC2)C1CCN(C)CC1. The molecule has 30 heavy (non-hydrogen) atoms. The Kier molecular flexibility index (Phi) is 6.85. The van der Waals surface area contributed by atoms with Gasteiger partial charge in [0, 0.05) is 31.8 Å². The number of ether oxygens (including phenoxy) is 1. The molecule has 0 saturated carbocycles. The van der Waals surface area contributed by atoms with E-state index in [0.717, 1.165) is 68.8 Å². The standard InChI is InChI=1S/C24H34N4O2/c1-26-15-12-20(13-16-26)27(17-18-30-2)24(29)22-21-11-7-4-8-14-28(21)23(25-22)19-9-5-3-6-10-19/h3,5-6,9-10,20H,4,7-8,11-18H2,1-2H3. The van der Waals surface area contributed by atoms with Crippen molar-refractivity contribution in [2.45, 2.75) is 51.1 Å². The minimum atomic E-state index is 0.0782. The lowest BCUT2D eigenvalue weighted by atomic mass is 10.0. The number of fused-ring (bicyclic) bond motifs is 1. The van der Waals surface area contributed by atoms with Gasteiger partial charge in [-0.2, -0.15) is 0 Å². The van der Waals surface area contributed by atoms with E-state index < -0.39 is 0 Å². The molecule has 0 spiro atoms. The fourth-order valence-electron chi connectivity index (χ4n) is 4.78. The van der Waals surface area contributed by atoms with Crippen LogP contribution in [0.4, 0.5) is 0 Å². The van der Waals surface area contributed by atoms with Gasteiger partial charge in [-0.05, 0) is 52.2 Å². The van der Waals surface area contributed by atoms with E-state index in [4.69, 9.17) is 9.72 Å². The van der Waals surface area contributed by atoms with E-state index in [1.165, 1.54) is 6.42 Å². The van der Waals surface area contributed by atoms with Crippen LogP contribution in [0.15, 0.2) is 30.3 Å². The van der Waals surface area contributed by atoms with Gasteiger partial charge in [-0.25, -0.2) is 4.98 Å². The van der Waals surface area contributed by atoms with Gasteiger partial charge in [0.05, 0.1) is 12.3 Å². The predicted octanol–water partition coefficient (Wildman–Crippen LogP) is 3.46. The first-order chi connectivity index (χ1) is 14.7. The number of carbonyl (C=O) groups excluding carboxylic acids is 1. The minimum absolute atomic E-state index is 0.0782. The van der Waals surface area contributed by atoms with Gasteiger partial charge in [-0.15, -0.1) is 0 Å². The number of methoxy groups -OCH3 is 1. The molecule has 0 bridgehead atoms. The van der Waals surface area contributed by atoms with Gasteiger partial charge in [-0.1, -0.05) is 36.8 Å². The van der Waals surface area contributed by atoms with Crippen molar-refractivity contribution in [3.63, 3.8) is 0 Å². The van der Waals surface area contributed by atoms with Crippen LogP contribution in [0.25, 0.3) is 11.4 Å². The number of piperidine rings is 1. The summed E-state index contributed by atoms with van der Waals surface area (Å²) < 4.78 is 7.65. The average Bonchev–Trinajstić information content (AvgIpc) is 2.96. The highest BCUT2D eigenvalue weighted by molar-refractivity contribution is 5.94. The van der Waals surface area contributed by atoms with E-state index in [-0.39, 0.29) is 11.9 Å². The zero-order valence-electron chi connectivity index (χ0n) is 18.3. The van der Waals surface area contributed by atoms with Gasteiger partial charge in [-0.3, -0.25) is 4.79 Å². The first kappa shape index (κ1) is 21.1. The van der Waals surface area contributed by atoms with Crippen LogP contribution >= 0.6 is 0 Å². The van der Waals surface area contributed by atoms with Gasteiger partial charge in [0.2, 0.25) is 0 Å². The first-order valence-corrected chi connectivity index (χ1v) is 11.3. The summed E-state index contributed by atoms with van der Waals surface area (Å²) in [5.74, 6) is 1.01. The van der Waals surface area contributed by atoms with Crippen molar-refractivity contribution in [2.24, 2.45) is 0 Å². The Balaban J connectivity index is 1.70. The molecule has 0 radical (unpaired) electrons. The zero-order valence-corrected chi connectivity index (χ0v) is 18.3. The van der Waals surface area contributed by atoms with Gasteiger partial charge in [0.25, 0.3) is 5.91 Å². The summed E-state index contributed by atoms with van der Waals surface area (Å²) in [4.78, 5) is 23.2. The van der Waals surface area contributed by atoms with Crippen molar-refractivity contribution in [1.29, 1.82) is 0 Å². The third-order valence-electron chi connectivity index (χ3n) is 6.53. The number of amides is 1. The molecule has 6 heteroatoms. The van der Waals surface area contributed by atoms with Crippen molar-refractivity contribution < 1.29 is 9.53 Å². The number of nitrogens with zero attached hydrogens (tertiary/aromatic N) is 4. The Labute approximate surface area is 179 Å². The van der Waals surface area contributed by atoms with Crippen LogP contribution < -0.4 is 0 Å². The Hall–Kier alpha value is -2.18. The highest BCUT2D eigenvalue weighted by Crippen LogP contribution is 2.29. The molecule has 1 fully saturated rings. The molecule has 1 saturated heterocycles. The molecule has 0 unspecified atom stereocenters. The van der Waals surface area contributed by atoms with Gasteiger partial charge < -0.3 is 19.1 Å². The summed E-state index contributed by atoms with van der Waals surface area (Å²) in [6, 6.07) is 10.5. The molecule has 6 nitrogen and oxygen atoms in total. The van der Waals surface area contributed by atoms with Gasteiger partial charge in [0.1, 0.15) is 11.5 Å². The molecular formula is C24H34N4O2. The molecule has 162 valence electrons. The van der Waals surface area contributed by atoms with Crippen LogP contribution in [0.3, 0.4) is 0 Å². The Bertz CT molecular complexity index is 840. The zero-order chi connectivity index (χ0) is 20.9. The van der Waals surface area contributed by atoms with Crippen LogP contribution in [-0.2, 0) is 17.7 Å². The Morgan fingerprint density at radius 3 is 2.63 bits per heavy atom. The molecule has 2 aromatic rings. The molecule has 0 N–H and O–H groups in total. The summed E-state index contributed by atoms with van der Waals surface area (Å²) in [7, 11) is 3.85. The van der Waals surface area contributed by atoms with Crippen molar-refractivity contribution in [3.8, 4) is 11.4 Å². The molecule has 1 amide bonds. The van der Waals surface area contributed by atoms with Crippen LogP contribution in [0.1, 0.15) is 48.3 Å². The van der Waals surface area contributed by atoms with Crippen LogP contribution in [0, 0.1) is 0 Å². The predicted molar refractivity (Wildman–Crippen MR) is 119 cm³/mol. The summed E-state index contributed by atoms with van der Waals surface area (Å²) in [5.41, 5.74) is 2.86. The van der Waals surface area contributed by atoms with Crippen molar-refractivity contribution >= 4 is 5.91 Å². The number of likely N-dealkylation sites (tertiary alicyclic amines) is 1. The topological polar surface area (TPSA) is 50.6 Å². The monoisotopic (exact) mass is 410 g/mol. The maximum Gasteiger partial charge on any atom is 0.274 e. The van der Waals surface area contributed by atoms with E-state index in [1.54, 1.807) is 7.11 Å². The molecule has 0 aliphatic carbocycles. The number of hydrogen-bond acceptors (Lipinski definition) is 4. The second-order valence-electron chi connectivity index (χ2n) is 8.58. The molecule has 2 aliphatic rings. The summed E-state index contributed by atoms with van der Waals surface area (Å²) in [5, 5.41) is 0. The highest BCUT2D eigenvalue weighted by atomic mass is 16.5. The average molecular weight is 411 g/mol.